The molecule has 0 fully saturated rings. The minimum Gasteiger partial charge on any atom is -0.491 e. The maximum Gasteiger partial charge on any atom is 0.227 e. The van der Waals surface area contributed by atoms with Crippen LogP contribution in [-0.4, -0.2) is 32.3 Å². The molecule has 7 heteroatoms. The Balaban J connectivity index is 0.00000400. The molecule has 1 amide bonds. The number of carbonyl (C=O) groups excluding carboxylic acids is 1. The van der Waals surface area contributed by atoms with Crippen LogP contribution in [0.25, 0.3) is 0 Å². The molecule has 5 nitrogen and oxygen atoms in total. The van der Waals surface area contributed by atoms with Crippen LogP contribution in [0, 0.1) is 0 Å². The Labute approximate surface area is 136 Å². The van der Waals surface area contributed by atoms with Gasteiger partial charge in [0.05, 0.1) is 24.8 Å². The first kappa shape index (κ1) is 20.0. The number of amides is 1. The van der Waals surface area contributed by atoms with Crippen LogP contribution in [0.5, 0.6) is 5.75 Å². The van der Waals surface area contributed by atoms with E-state index < -0.39 is 0 Å². The van der Waals surface area contributed by atoms with Gasteiger partial charge in [0.2, 0.25) is 5.91 Å². The van der Waals surface area contributed by atoms with Crippen molar-refractivity contribution in [3.05, 3.63) is 23.2 Å². The molecule has 1 atom stereocenters. The molecule has 0 radical (unpaired) electrons. The molecule has 1 aromatic carbocycles. The van der Waals surface area contributed by atoms with Gasteiger partial charge in [0, 0.05) is 18.7 Å². The van der Waals surface area contributed by atoms with E-state index in [1.807, 2.05) is 6.92 Å². The standard InChI is InChI=1S/C14H21ClN2O3.ClH/c1-3-6-20-13-5-4-10(15)7-12(13)17-14(18)8-11(9-16)19-2;/h4-5,7,11H,3,6,8-9,16H2,1-2H3,(H,17,18);1H. The summed E-state index contributed by atoms with van der Waals surface area (Å²) in [4.78, 5) is 11.9. The van der Waals surface area contributed by atoms with Gasteiger partial charge >= 0.3 is 0 Å². The molecule has 0 saturated heterocycles. The minimum absolute atomic E-state index is 0. The van der Waals surface area contributed by atoms with Gasteiger partial charge in [0.1, 0.15) is 5.75 Å². The average molecular weight is 337 g/mol. The van der Waals surface area contributed by atoms with Crippen molar-refractivity contribution in [2.75, 3.05) is 25.6 Å². The van der Waals surface area contributed by atoms with E-state index in [1.54, 1.807) is 18.2 Å². The van der Waals surface area contributed by atoms with Gasteiger partial charge < -0.3 is 20.5 Å². The molecule has 1 unspecified atom stereocenters. The normalized spacial score (nSPS) is 11.4. The van der Waals surface area contributed by atoms with Crippen molar-refractivity contribution in [3.63, 3.8) is 0 Å². The van der Waals surface area contributed by atoms with Crippen LogP contribution in [0.15, 0.2) is 18.2 Å². The molecule has 0 aliphatic heterocycles. The summed E-state index contributed by atoms with van der Waals surface area (Å²) in [5.41, 5.74) is 6.05. The number of rotatable bonds is 8. The smallest absolute Gasteiger partial charge is 0.227 e. The molecule has 0 heterocycles. The molecule has 0 aromatic heterocycles. The van der Waals surface area contributed by atoms with Crippen LogP contribution in [0.3, 0.4) is 0 Å². The Morgan fingerprint density at radius 1 is 1.48 bits per heavy atom. The van der Waals surface area contributed by atoms with E-state index in [0.717, 1.165) is 6.42 Å². The third-order valence-electron chi connectivity index (χ3n) is 2.69. The summed E-state index contributed by atoms with van der Waals surface area (Å²) >= 11 is 5.94. The van der Waals surface area contributed by atoms with Crippen molar-refractivity contribution in [1.29, 1.82) is 0 Å². The highest BCUT2D eigenvalue weighted by atomic mass is 35.5. The molecule has 0 bridgehead atoms. The van der Waals surface area contributed by atoms with Crippen LogP contribution in [0.2, 0.25) is 5.02 Å². The number of halogens is 2. The molecule has 0 spiro atoms. The van der Waals surface area contributed by atoms with Crippen molar-refractivity contribution < 1.29 is 14.3 Å². The van der Waals surface area contributed by atoms with Crippen LogP contribution in [0.4, 0.5) is 5.69 Å². The first-order valence-electron chi connectivity index (χ1n) is 6.55. The summed E-state index contributed by atoms with van der Waals surface area (Å²) in [6, 6.07) is 5.12. The zero-order valence-electron chi connectivity index (χ0n) is 12.2. The van der Waals surface area contributed by atoms with E-state index in [-0.39, 0.29) is 30.8 Å². The lowest BCUT2D eigenvalue weighted by Crippen LogP contribution is -2.28. The number of hydrogen-bond donors (Lipinski definition) is 2. The predicted molar refractivity (Wildman–Crippen MR) is 87.6 cm³/mol. The molecule has 1 aromatic rings. The van der Waals surface area contributed by atoms with Crippen molar-refractivity contribution >= 4 is 35.6 Å². The maximum atomic E-state index is 11.9. The van der Waals surface area contributed by atoms with Gasteiger partial charge in [-0.1, -0.05) is 18.5 Å². The first-order chi connectivity index (χ1) is 9.60. The monoisotopic (exact) mass is 336 g/mol. The Bertz CT molecular complexity index is 440. The quantitative estimate of drug-likeness (QED) is 0.765. The summed E-state index contributed by atoms with van der Waals surface area (Å²) < 4.78 is 10.7. The number of hydrogen-bond acceptors (Lipinski definition) is 4. The van der Waals surface area contributed by atoms with E-state index in [4.69, 9.17) is 26.8 Å². The summed E-state index contributed by atoms with van der Waals surface area (Å²) in [6.45, 7) is 2.88. The molecule has 0 saturated carbocycles. The fourth-order valence-corrected chi connectivity index (χ4v) is 1.78. The van der Waals surface area contributed by atoms with Crippen LogP contribution in [-0.2, 0) is 9.53 Å². The molecular formula is C14H22Cl2N2O3. The predicted octanol–water partition coefficient (Wildman–Crippen LogP) is 2.85. The molecule has 120 valence electrons. The zero-order valence-corrected chi connectivity index (χ0v) is 13.8. The highest BCUT2D eigenvalue weighted by molar-refractivity contribution is 6.31. The Morgan fingerprint density at radius 3 is 2.76 bits per heavy atom. The highest BCUT2D eigenvalue weighted by Gasteiger charge is 2.14. The van der Waals surface area contributed by atoms with Gasteiger partial charge in [0.25, 0.3) is 0 Å². The lowest BCUT2D eigenvalue weighted by Gasteiger charge is -2.15. The largest absolute Gasteiger partial charge is 0.491 e. The van der Waals surface area contributed by atoms with Gasteiger partial charge in [-0.3, -0.25) is 4.79 Å². The van der Waals surface area contributed by atoms with Crippen molar-refractivity contribution in [2.24, 2.45) is 5.73 Å². The SMILES string of the molecule is CCCOc1ccc(Cl)cc1NC(=O)CC(CN)OC.Cl. The average Bonchev–Trinajstić information content (AvgIpc) is 2.44. The second-order valence-electron chi connectivity index (χ2n) is 4.33. The van der Waals surface area contributed by atoms with E-state index >= 15 is 0 Å². The number of ether oxygens (including phenoxy) is 2. The summed E-state index contributed by atoms with van der Waals surface area (Å²) in [7, 11) is 1.53. The van der Waals surface area contributed by atoms with Gasteiger partial charge in [-0.15, -0.1) is 12.4 Å². The number of nitrogens with one attached hydrogen (secondary N) is 1. The van der Waals surface area contributed by atoms with E-state index in [1.165, 1.54) is 7.11 Å². The van der Waals surface area contributed by atoms with Crippen LogP contribution < -0.4 is 15.8 Å². The summed E-state index contributed by atoms with van der Waals surface area (Å²) in [6.07, 6.45) is 0.774. The van der Waals surface area contributed by atoms with Crippen LogP contribution in [0.1, 0.15) is 19.8 Å². The third kappa shape index (κ3) is 7.00. The highest BCUT2D eigenvalue weighted by Crippen LogP contribution is 2.28. The van der Waals surface area contributed by atoms with Crippen molar-refractivity contribution in [2.45, 2.75) is 25.9 Å². The zero-order chi connectivity index (χ0) is 15.0. The fourth-order valence-electron chi connectivity index (χ4n) is 1.61. The number of benzene rings is 1. The molecule has 21 heavy (non-hydrogen) atoms. The molecule has 0 aliphatic rings. The Kier molecular flexibility index (Phi) is 10.2. The van der Waals surface area contributed by atoms with E-state index in [9.17, 15) is 4.79 Å². The molecule has 3 N–H and O–H groups in total. The number of carbonyl (C=O) groups is 1. The van der Waals surface area contributed by atoms with Gasteiger partial charge in [0.15, 0.2) is 0 Å². The third-order valence-corrected chi connectivity index (χ3v) is 2.92. The first-order valence-corrected chi connectivity index (χ1v) is 6.93. The lowest BCUT2D eigenvalue weighted by atomic mass is 10.2. The van der Waals surface area contributed by atoms with E-state index in [2.05, 4.69) is 5.32 Å². The van der Waals surface area contributed by atoms with Gasteiger partial charge in [-0.05, 0) is 24.6 Å². The molecule has 1 rings (SSSR count). The van der Waals surface area contributed by atoms with Gasteiger partial charge in [-0.25, -0.2) is 0 Å². The number of anilines is 1. The summed E-state index contributed by atoms with van der Waals surface area (Å²) in [5, 5.41) is 3.31. The number of methoxy groups -OCH3 is 1. The Hall–Kier alpha value is -1.01. The Morgan fingerprint density at radius 2 is 2.19 bits per heavy atom. The second kappa shape index (κ2) is 10.7. The van der Waals surface area contributed by atoms with Crippen LogP contribution >= 0.6 is 24.0 Å². The minimum atomic E-state index is -0.297. The van der Waals surface area contributed by atoms with Crippen molar-refractivity contribution in [3.8, 4) is 5.75 Å². The van der Waals surface area contributed by atoms with Gasteiger partial charge in [-0.2, -0.15) is 0 Å². The topological polar surface area (TPSA) is 73.6 Å². The van der Waals surface area contributed by atoms with E-state index in [0.29, 0.717) is 29.6 Å². The lowest BCUT2D eigenvalue weighted by molar-refractivity contribution is -0.118. The molecule has 0 aliphatic carbocycles. The second-order valence-corrected chi connectivity index (χ2v) is 4.77. The summed E-state index contributed by atoms with van der Waals surface area (Å²) in [5.74, 6) is 0.414. The maximum absolute atomic E-state index is 11.9. The number of nitrogens with two attached hydrogens (primary N) is 1. The fraction of sp³-hybridized carbons (Fsp3) is 0.500. The molecular weight excluding hydrogens is 315 g/mol. The van der Waals surface area contributed by atoms with Crippen molar-refractivity contribution in [1.82, 2.24) is 0 Å².